The van der Waals surface area contributed by atoms with Gasteiger partial charge in [-0.3, -0.25) is 4.79 Å². The summed E-state index contributed by atoms with van der Waals surface area (Å²) >= 11 is 5.83. The molecule has 0 amide bonds. The number of hydrogen-bond donors (Lipinski definition) is 1. The molecule has 1 aromatic rings. The first-order chi connectivity index (χ1) is 8.04. The number of esters is 1. The zero-order valence-corrected chi connectivity index (χ0v) is 10.5. The van der Waals surface area contributed by atoms with Gasteiger partial charge in [-0.15, -0.1) is 0 Å². The molecule has 0 fully saturated rings. The van der Waals surface area contributed by atoms with E-state index in [0.29, 0.717) is 16.3 Å². The summed E-state index contributed by atoms with van der Waals surface area (Å²) in [6.07, 6.45) is -0.514. The first-order valence-electron chi connectivity index (χ1n) is 5.21. The first-order valence-corrected chi connectivity index (χ1v) is 5.59. The van der Waals surface area contributed by atoms with Crippen molar-refractivity contribution in [2.75, 3.05) is 13.7 Å². The molecule has 0 aliphatic carbocycles. The van der Waals surface area contributed by atoms with Crippen LogP contribution in [0.25, 0.3) is 0 Å². The fraction of sp³-hybridized carbons (Fsp3) is 0.417. The van der Waals surface area contributed by atoms with Gasteiger partial charge >= 0.3 is 5.97 Å². The van der Waals surface area contributed by atoms with E-state index in [-0.39, 0.29) is 19.0 Å². The minimum absolute atomic E-state index is 0.165. The molecular formula is C12H15ClO4. The number of methoxy groups -OCH3 is 1. The van der Waals surface area contributed by atoms with E-state index in [2.05, 4.69) is 4.74 Å². The van der Waals surface area contributed by atoms with Gasteiger partial charge < -0.3 is 14.6 Å². The molecule has 94 valence electrons. The molecule has 1 N–H and O–H groups in total. The van der Waals surface area contributed by atoms with Gasteiger partial charge in [0.05, 0.1) is 26.2 Å². The molecule has 0 aromatic heterocycles. The van der Waals surface area contributed by atoms with Crippen molar-refractivity contribution in [3.63, 3.8) is 0 Å². The second-order valence-electron chi connectivity index (χ2n) is 3.53. The van der Waals surface area contributed by atoms with Gasteiger partial charge in [0.2, 0.25) is 0 Å². The van der Waals surface area contributed by atoms with Crippen LogP contribution in [-0.2, 0) is 9.53 Å². The van der Waals surface area contributed by atoms with Crippen molar-refractivity contribution in [2.45, 2.75) is 19.4 Å². The summed E-state index contributed by atoms with van der Waals surface area (Å²) in [5.74, 6) is 0.186. The predicted octanol–water partition coefficient (Wildman–Crippen LogP) is 2.34. The van der Waals surface area contributed by atoms with Gasteiger partial charge in [0.25, 0.3) is 0 Å². The van der Waals surface area contributed by atoms with E-state index in [1.165, 1.54) is 7.11 Å². The normalized spacial score (nSPS) is 12.0. The molecule has 1 aromatic carbocycles. The quantitative estimate of drug-likeness (QED) is 0.824. The van der Waals surface area contributed by atoms with Gasteiger partial charge in [-0.25, -0.2) is 0 Å². The fourth-order valence-electron chi connectivity index (χ4n) is 1.32. The van der Waals surface area contributed by atoms with Crippen LogP contribution in [0.2, 0.25) is 5.02 Å². The Morgan fingerprint density at radius 1 is 1.53 bits per heavy atom. The Labute approximate surface area is 105 Å². The Balaban J connectivity index is 2.67. The summed E-state index contributed by atoms with van der Waals surface area (Å²) in [7, 11) is 1.33. The second-order valence-corrected chi connectivity index (χ2v) is 3.97. The average molecular weight is 259 g/mol. The summed E-state index contributed by atoms with van der Waals surface area (Å²) in [4.78, 5) is 10.9. The van der Waals surface area contributed by atoms with Crippen LogP contribution in [0.3, 0.4) is 0 Å². The minimum Gasteiger partial charge on any atom is -0.493 e. The number of hydrogen-bond acceptors (Lipinski definition) is 4. The zero-order chi connectivity index (χ0) is 12.8. The van der Waals surface area contributed by atoms with Crippen LogP contribution in [0.4, 0.5) is 0 Å². The monoisotopic (exact) mass is 258 g/mol. The van der Waals surface area contributed by atoms with Crippen molar-refractivity contribution in [3.05, 3.63) is 28.8 Å². The lowest BCUT2D eigenvalue weighted by Gasteiger charge is -2.13. The third kappa shape index (κ3) is 4.24. The Hall–Kier alpha value is -1.26. The second kappa shape index (κ2) is 6.47. The predicted molar refractivity (Wildman–Crippen MR) is 64.2 cm³/mol. The molecule has 0 aliphatic rings. The SMILES string of the molecule is COC(=O)CCOc1ccc(Cl)cc1[C@@H](C)O. The number of aliphatic hydroxyl groups excluding tert-OH is 1. The van der Waals surface area contributed by atoms with Crippen molar-refractivity contribution >= 4 is 17.6 Å². The van der Waals surface area contributed by atoms with E-state index >= 15 is 0 Å². The van der Waals surface area contributed by atoms with Crippen LogP contribution in [0, 0.1) is 0 Å². The van der Waals surface area contributed by atoms with Crippen molar-refractivity contribution in [1.82, 2.24) is 0 Å². The van der Waals surface area contributed by atoms with E-state index in [1.54, 1.807) is 25.1 Å². The molecule has 4 nitrogen and oxygen atoms in total. The number of benzene rings is 1. The van der Waals surface area contributed by atoms with Crippen LogP contribution >= 0.6 is 11.6 Å². The van der Waals surface area contributed by atoms with Gasteiger partial charge in [-0.05, 0) is 25.1 Å². The fourth-order valence-corrected chi connectivity index (χ4v) is 1.50. The van der Waals surface area contributed by atoms with Crippen LogP contribution in [-0.4, -0.2) is 24.8 Å². The zero-order valence-electron chi connectivity index (χ0n) is 9.77. The molecule has 0 heterocycles. The Morgan fingerprint density at radius 3 is 2.82 bits per heavy atom. The maximum Gasteiger partial charge on any atom is 0.308 e. The lowest BCUT2D eigenvalue weighted by Crippen LogP contribution is -2.09. The Bertz CT molecular complexity index is 390. The van der Waals surface area contributed by atoms with E-state index in [4.69, 9.17) is 16.3 Å². The smallest absolute Gasteiger partial charge is 0.308 e. The molecule has 1 rings (SSSR count). The van der Waals surface area contributed by atoms with Crippen molar-refractivity contribution < 1.29 is 19.4 Å². The summed E-state index contributed by atoms with van der Waals surface area (Å²) in [5, 5.41) is 10.1. The lowest BCUT2D eigenvalue weighted by molar-refractivity contribution is -0.141. The van der Waals surface area contributed by atoms with Gasteiger partial charge in [0.1, 0.15) is 5.75 Å². The molecule has 0 saturated heterocycles. The summed E-state index contributed by atoms with van der Waals surface area (Å²) in [6.45, 7) is 1.83. The molecule has 0 saturated carbocycles. The number of carbonyl (C=O) groups excluding carboxylic acids is 1. The highest BCUT2D eigenvalue weighted by Gasteiger charge is 2.10. The molecule has 1 atom stereocenters. The van der Waals surface area contributed by atoms with Crippen molar-refractivity contribution in [2.24, 2.45) is 0 Å². The van der Waals surface area contributed by atoms with Crippen LogP contribution in [0.5, 0.6) is 5.75 Å². The van der Waals surface area contributed by atoms with Gasteiger partial charge in [0, 0.05) is 10.6 Å². The average Bonchev–Trinajstić information content (AvgIpc) is 2.30. The molecule has 0 aliphatic heterocycles. The number of aliphatic hydroxyl groups is 1. The maximum atomic E-state index is 10.9. The third-order valence-electron chi connectivity index (χ3n) is 2.21. The number of halogens is 1. The van der Waals surface area contributed by atoms with Gasteiger partial charge in [0.15, 0.2) is 0 Å². The number of rotatable bonds is 5. The van der Waals surface area contributed by atoms with Gasteiger partial charge in [-0.1, -0.05) is 11.6 Å². The topological polar surface area (TPSA) is 55.8 Å². The molecule has 0 radical (unpaired) electrons. The summed E-state index contributed by atoms with van der Waals surface area (Å²) in [6, 6.07) is 4.97. The molecular weight excluding hydrogens is 244 g/mol. The lowest BCUT2D eigenvalue weighted by atomic mass is 10.1. The standard InChI is InChI=1S/C12H15ClO4/c1-8(14)10-7-9(13)3-4-11(10)17-6-5-12(15)16-2/h3-4,7-8,14H,5-6H2,1-2H3/t8-/m1/s1. The van der Waals surface area contributed by atoms with Crippen molar-refractivity contribution in [3.8, 4) is 5.75 Å². The van der Waals surface area contributed by atoms with Crippen molar-refractivity contribution in [1.29, 1.82) is 0 Å². The molecule has 17 heavy (non-hydrogen) atoms. The maximum absolute atomic E-state index is 10.9. The van der Waals surface area contributed by atoms with Gasteiger partial charge in [-0.2, -0.15) is 0 Å². The van der Waals surface area contributed by atoms with Crippen LogP contribution < -0.4 is 4.74 Å². The largest absolute Gasteiger partial charge is 0.493 e. The Morgan fingerprint density at radius 2 is 2.24 bits per heavy atom. The first kappa shape index (κ1) is 13.8. The van der Waals surface area contributed by atoms with E-state index < -0.39 is 6.10 Å². The Kier molecular flexibility index (Phi) is 5.25. The summed E-state index contributed by atoms with van der Waals surface area (Å²) < 4.78 is 9.90. The summed E-state index contributed by atoms with van der Waals surface area (Å²) in [5.41, 5.74) is 0.599. The van der Waals surface area contributed by atoms with E-state index in [1.807, 2.05) is 0 Å². The molecule has 0 unspecified atom stereocenters. The highest BCUT2D eigenvalue weighted by Crippen LogP contribution is 2.28. The molecule has 0 spiro atoms. The minimum atomic E-state index is -0.679. The van der Waals surface area contributed by atoms with Crippen LogP contribution in [0.15, 0.2) is 18.2 Å². The molecule has 0 bridgehead atoms. The van der Waals surface area contributed by atoms with E-state index in [9.17, 15) is 9.90 Å². The van der Waals surface area contributed by atoms with Crippen LogP contribution in [0.1, 0.15) is 25.0 Å². The van der Waals surface area contributed by atoms with E-state index in [0.717, 1.165) is 0 Å². The third-order valence-corrected chi connectivity index (χ3v) is 2.45. The molecule has 5 heteroatoms. The number of carbonyl (C=O) groups is 1. The highest BCUT2D eigenvalue weighted by molar-refractivity contribution is 6.30. The highest BCUT2D eigenvalue weighted by atomic mass is 35.5. The number of ether oxygens (including phenoxy) is 2.